The van der Waals surface area contributed by atoms with E-state index in [-0.39, 0.29) is 5.91 Å². The van der Waals surface area contributed by atoms with Crippen molar-refractivity contribution in [2.24, 2.45) is 4.99 Å². The van der Waals surface area contributed by atoms with Crippen LogP contribution in [0, 0.1) is 0 Å². The Bertz CT molecular complexity index is 479. The van der Waals surface area contributed by atoms with Crippen LogP contribution in [0.1, 0.15) is 33.1 Å². The van der Waals surface area contributed by atoms with E-state index < -0.39 is 0 Å². The summed E-state index contributed by atoms with van der Waals surface area (Å²) in [6, 6.07) is 0.574. The maximum absolute atomic E-state index is 12.0. The number of likely N-dealkylation sites (N-methyl/N-ethyl adjacent to an activating group) is 1. The molecule has 2 aliphatic heterocycles. The van der Waals surface area contributed by atoms with Crippen molar-refractivity contribution in [2.45, 2.75) is 39.2 Å². The van der Waals surface area contributed by atoms with E-state index in [2.05, 4.69) is 39.2 Å². The van der Waals surface area contributed by atoms with Crippen LogP contribution in [0.4, 0.5) is 0 Å². The van der Waals surface area contributed by atoms with Gasteiger partial charge in [0.05, 0.1) is 19.7 Å². The lowest BCUT2D eigenvalue weighted by Gasteiger charge is -2.37. The molecule has 2 fully saturated rings. The summed E-state index contributed by atoms with van der Waals surface area (Å²) in [6.45, 7) is 13.6. The number of piperidine rings is 1. The van der Waals surface area contributed by atoms with Crippen LogP contribution in [0.3, 0.4) is 0 Å². The second-order valence-corrected chi connectivity index (χ2v) is 7.58. The van der Waals surface area contributed by atoms with Crippen LogP contribution in [0.25, 0.3) is 0 Å². The van der Waals surface area contributed by atoms with Crippen LogP contribution in [0.5, 0.6) is 0 Å². The number of ether oxygens (including phenoxy) is 1. The summed E-state index contributed by atoms with van der Waals surface area (Å²) in [5.41, 5.74) is 0. The van der Waals surface area contributed by atoms with Gasteiger partial charge in [0.1, 0.15) is 0 Å². The third-order valence-electron chi connectivity index (χ3n) is 5.61. The molecule has 1 amide bonds. The minimum Gasteiger partial charge on any atom is -0.383 e. The normalized spacial score (nSPS) is 22.3. The Balaban J connectivity index is 1.80. The third kappa shape index (κ3) is 7.56. The number of aliphatic imine (C=N–C) groups is 1. The van der Waals surface area contributed by atoms with E-state index in [0.717, 1.165) is 51.8 Å². The number of nitrogens with zero attached hydrogens (tertiary/aromatic N) is 4. The van der Waals surface area contributed by atoms with E-state index in [0.29, 0.717) is 25.7 Å². The fourth-order valence-electron chi connectivity index (χ4n) is 3.97. The van der Waals surface area contributed by atoms with Crippen molar-refractivity contribution in [3.8, 4) is 0 Å². The van der Waals surface area contributed by atoms with Crippen molar-refractivity contribution >= 4 is 11.9 Å². The topological polar surface area (TPSA) is 72.4 Å². The van der Waals surface area contributed by atoms with Crippen molar-refractivity contribution in [3.05, 3.63) is 0 Å². The van der Waals surface area contributed by atoms with Crippen LogP contribution >= 0.6 is 0 Å². The second kappa shape index (κ2) is 13.0. The van der Waals surface area contributed by atoms with Gasteiger partial charge in [-0.25, -0.2) is 0 Å². The largest absolute Gasteiger partial charge is 0.383 e. The molecule has 2 aliphatic rings. The van der Waals surface area contributed by atoms with Crippen LogP contribution in [0.2, 0.25) is 0 Å². The molecule has 8 heteroatoms. The van der Waals surface area contributed by atoms with Crippen molar-refractivity contribution in [2.75, 3.05) is 79.2 Å². The molecule has 0 aliphatic carbocycles. The molecular formula is C20H40N6O2. The van der Waals surface area contributed by atoms with E-state index in [1.807, 2.05) is 0 Å². The van der Waals surface area contributed by atoms with Gasteiger partial charge in [-0.3, -0.25) is 19.6 Å². The third-order valence-corrected chi connectivity index (χ3v) is 5.61. The number of amides is 1. The molecule has 2 rings (SSSR count). The Morgan fingerprint density at radius 2 is 1.89 bits per heavy atom. The summed E-state index contributed by atoms with van der Waals surface area (Å²) in [5, 5.41) is 6.35. The van der Waals surface area contributed by atoms with E-state index in [4.69, 9.17) is 9.73 Å². The van der Waals surface area contributed by atoms with Crippen molar-refractivity contribution in [1.29, 1.82) is 0 Å². The highest BCUT2D eigenvalue weighted by Gasteiger charge is 2.23. The van der Waals surface area contributed by atoms with Gasteiger partial charge < -0.3 is 20.3 Å². The standard InChI is InChI=1S/C20H40N6O2/c1-4-21-20(23-16-18-8-6-7-10-25(18)5-2)26-13-11-24(12-14-26)17-19(27)22-9-15-28-3/h18H,4-17H2,1-3H3,(H,21,23)(H,22,27). The average Bonchev–Trinajstić information content (AvgIpc) is 2.72. The van der Waals surface area contributed by atoms with Crippen LogP contribution in [0.15, 0.2) is 4.99 Å². The molecule has 28 heavy (non-hydrogen) atoms. The number of nitrogens with one attached hydrogen (secondary N) is 2. The molecule has 0 bridgehead atoms. The summed E-state index contributed by atoms with van der Waals surface area (Å²) in [5.74, 6) is 1.09. The lowest BCUT2D eigenvalue weighted by Crippen LogP contribution is -2.54. The van der Waals surface area contributed by atoms with E-state index >= 15 is 0 Å². The number of piperazine rings is 1. The summed E-state index contributed by atoms with van der Waals surface area (Å²) in [4.78, 5) is 24.1. The second-order valence-electron chi connectivity index (χ2n) is 7.58. The zero-order valence-corrected chi connectivity index (χ0v) is 18.1. The first-order valence-corrected chi connectivity index (χ1v) is 10.9. The maximum Gasteiger partial charge on any atom is 0.234 e. The lowest BCUT2D eigenvalue weighted by molar-refractivity contribution is -0.122. The van der Waals surface area contributed by atoms with Crippen LogP contribution in [-0.2, 0) is 9.53 Å². The molecule has 2 saturated heterocycles. The summed E-state index contributed by atoms with van der Waals surface area (Å²) < 4.78 is 4.97. The number of likely N-dealkylation sites (tertiary alicyclic amines) is 1. The minimum absolute atomic E-state index is 0.0722. The highest BCUT2D eigenvalue weighted by Crippen LogP contribution is 2.17. The van der Waals surface area contributed by atoms with Crippen LogP contribution in [-0.4, -0.2) is 112 Å². The quantitative estimate of drug-likeness (QED) is 0.330. The first-order valence-electron chi connectivity index (χ1n) is 10.9. The number of guanidine groups is 1. The predicted octanol–water partition coefficient (Wildman–Crippen LogP) is 0.207. The fourth-order valence-corrected chi connectivity index (χ4v) is 3.97. The van der Waals surface area contributed by atoms with Crippen molar-refractivity contribution < 1.29 is 9.53 Å². The van der Waals surface area contributed by atoms with Gasteiger partial charge in [0.15, 0.2) is 5.96 Å². The Kier molecular flexibility index (Phi) is 10.6. The molecule has 0 saturated carbocycles. The molecule has 1 atom stereocenters. The monoisotopic (exact) mass is 396 g/mol. The van der Waals surface area contributed by atoms with Crippen molar-refractivity contribution in [3.63, 3.8) is 0 Å². The first-order chi connectivity index (χ1) is 13.7. The molecule has 0 radical (unpaired) electrons. The number of hydrogen-bond acceptors (Lipinski definition) is 5. The molecule has 0 aromatic heterocycles. The van der Waals surface area contributed by atoms with Gasteiger partial charge in [-0.2, -0.15) is 0 Å². The molecule has 2 heterocycles. The smallest absolute Gasteiger partial charge is 0.234 e. The molecule has 1 unspecified atom stereocenters. The average molecular weight is 397 g/mol. The molecule has 2 N–H and O–H groups in total. The predicted molar refractivity (Wildman–Crippen MR) is 114 cm³/mol. The van der Waals surface area contributed by atoms with E-state index in [9.17, 15) is 4.79 Å². The number of methoxy groups -OCH3 is 1. The summed E-state index contributed by atoms with van der Waals surface area (Å²) in [6.07, 6.45) is 3.89. The van der Waals surface area contributed by atoms with E-state index in [1.54, 1.807) is 7.11 Å². The highest BCUT2D eigenvalue weighted by atomic mass is 16.5. The summed E-state index contributed by atoms with van der Waals surface area (Å²) >= 11 is 0. The van der Waals surface area contributed by atoms with Gasteiger partial charge in [-0.1, -0.05) is 13.3 Å². The molecular weight excluding hydrogens is 356 g/mol. The SMILES string of the molecule is CCNC(=NCC1CCCCN1CC)N1CCN(CC(=O)NCCOC)CC1. The Morgan fingerprint density at radius 1 is 1.11 bits per heavy atom. The Labute approximate surface area is 170 Å². The first kappa shape index (κ1) is 22.9. The summed E-state index contributed by atoms with van der Waals surface area (Å²) in [7, 11) is 1.64. The van der Waals surface area contributed by atoms with Gasteiger partial charge in [-0.15, -0.1) is 0 Å². The van der Waals surface area contributed by atoms with Gasteiger partial charge in [0, 0.05) is 52.4 Å². The Morgan fingerprint density at radius 3 is 2.57 bits per heavy atom. The van der Waals surface area contributed by atoms with Gasteiger partial charge >= 0.3 is 0 Å². The van der Waals surface area contributed by atoms with Gasteiger partial charge in [-0.05, 0) is 32.9 Å². The van der Waals surface area contributed by atoms with Gasteiger partial charge in [0.2, 0.25) is 5.91 Å². The maximum atomic E-state index is 12.0. The zero-order chi connectivity index (χ0) is 20.2. The highest BCUT2D eigenvalue weighted by molar-refractivity contribution is 5.80. The molecule has 8 nitrogen and oxygen atoms in total. The van der Waals surface area contributed by atoms with Crippen molar-refractivity contribution in [1.82, 2.24) is 25.3 Å². The molecule has 0 spiro atoms. The molecule has 0 aromatic rings. The number of carbonyl (C=O) groups excluding carboxylic acids is 1. The fraction of sp³-hybridized carbons (Fsp3) is 0.900. The minimum atomic E-state index is 0.0722. The number of hydrogen-bond donors (Lipinski definition) is 2. The lowest BCUT2D eigenvalue weighted by atomic mass is 10.0. The molecule has 162 valence electrons. The Hall–Kier alpha value is -1.38. The zero-order valence-electron chi connectivity index (χ0n) is 18.1. The van der Waals surface area contributed by atoms with Gasteiger partial charge in [0.25, 0.3) is 0 Å². The van der Waals surface area contributed by atoms with E-state index in [1.165, 1.54) is 25.8 Å². The molecule has 0 aromatic carbocycles. The number of rotatable bonds is 9. The van der Waals surface area contributed by atoms with Crippen LogP contribution < -0.4 is 10.6 Å². The number of carbonyl (C=O) groups is 1.